The summed E-state index contributed by atoms with van der Waals surface area (Å²) in [5, 5.41) is 0. The highest BCUT2D eigenvalue weighted by Crippen LogP contribution is 2.15. The zero-order valence-corrected chi connectivity index (χ0v) is 4.59. The van der Waals surface area contributed by atoms with E-state index in [0.717, 1.165) is 6.20 Å². The maximum atomic E-state index is 11.7. The van der Waals surface area contributed by atoms with Crippen LogP contribution in [0.4, 0.5) is 8.78 Å². The van der Waals surface area contributed by atoms with Gasteiger partial charge in [-0.15, -0.1) is 0 Å². The van der Waals surface area contributed by atoms with E-state index in [-0.39, 0.29) is 5.56 Å². The van der Waals surface area contributed by atoms with Gasteiger partial charge in [0.15, 0.2) is 0 Å². The second kappa shape index (κ2) is 2.53. The molecule has 3 heteroatoms. The minimum Gasteiger partial charge on any atom is -0.264 e. The Balaban J connectivity index is 2.85. The summed E-state index contributed by atoms with van der Waals surface area (Å²) in [6, 6.07) is 2.83. The average Bonchev–Trinajstić information content (AvgIpc) is 1.90. The molecule has 1 atom stereocenters. The molecule has 0 aromatic carbocycles. The van der Waals surface area contributed by atoms with Crippen LogP contribution in [-0.4, -0.2) is 4.98 Å². The van der Waals surface area contributed by atoms with Gasteiger partial charge in [-0.3, -0.25) is 4.98 Å². The summed E-state index contributed by atoms with van der Waals surface area (Å²) < 4.78 is 23.5. The minimum atomic E-state index is -2.40. The Labute approximate surface area is 51.3 Å². The summed E-state index contributed by atoms with van der Waals surface area (Å²) >= 11 is 0. The molecule has 0 bridgehead atoms. The van der Waals surface area contributed by atoms with Crippen LogP contribution in [-0.2, 0) is 0 Å². The van der Waals surface area contributed by atoms with Crippen LogP contribution in [0.5, 0.6) is 0 Å². The molecule has 48 valence electrons. The van der Waals surface area contributed by atoms with Crippen molar-refractivity contribution >= 4 is 0 Å². The van der Waals surface area contributed by atoms with Gasteiger partial charge in [-0.25, -0.2) is 8.78 Å². The summed E-state index contributed by atoms with van der Waals surface area (Å²) in [4.78, 5) is 3.53. The average molecular weight is 128 g/mol. The van der Waals surface area contributed by atoms with E-state index in [1.54, 1.807) is 0 Å². The van der Waals surface area contributed by atoms with Crippen molar-refractivity contribution in [3.63, 3.8) is 0 Å². The van der Waals surface area contributed by atoms with Crippen molar-refractivity contribution in [1.29, 1.82) is 0 Å². The third-order valence-corrected chi connectivity index (χ3v) is 0.936. The standard InChI is InChI=1S/C6H5F2N/c7-6(8)5-2-1-3-9-4-5/h1-4,6H/i7-1. The van der Waals surface area contributed by atoms with Crippen LogP contribution in [0.25, 0.3) is 0 Å². The number of pyridine rings is 1. The number of nitrogens with zero attached hydrogens (tertiary/aromatic N) is 1. The second-order valence-electron chi connectivity index (χ2n) is 1.59. The zero-order valence-electron chi connectivity index (χ0n) is 4.59. The van der Waals surface area contributed by atoms with Gasteiger partial charge in [0.05, 0.1) is 0 Å². The van der Waals surface area contributed by atoms with E-state index in [4.69, 9.17) is 0 Å². The first kappa shape index (κ1) is 6.13. The van der Waals surface area contributed by atoms with E-state index >= 15 is 0 Å². The van der Waals surface area contributed by atoms with Crippen molar-refractivity contribution in [3.8, 4) is 0 Å². The second-order valence-corrected chi connectivity index (χ2v) is 1.59. The third kappa shape index (κ3) is 1.45. The highest BCUT2D eigenvalue weighted by atomic mass is 19.2. The number of hydrogen-bond acceptors (Lipinski definition) is 1. The molecule has 0 saturated heterocycles. The quantitative estimate of drug-likeness (QED) is 0.563. The Morgan fingerprint density at radius 3 is 2.56 bits per heavy atom. The fourth-order valence-corrected chi connectivity index (χ4v) is 0.505. The topological polar surface area (TPSA) is 12.9 Å². The summed E-state index contributed by atoms with van der Waals surface area (Å²) in [5.41, 5.74) is -0.0301. The summed E-state index contributed by atoms with van der Waals surface area (Å²) in [5.74, 6) is 0. The van der Waals surface area contributed by atoms with Crippen LogP contribution < -0.4 is 0 Å². The molecule has 9 heavy (non-hydrogen) atoms. The number of hydrogen-bond donors (Lipinski definition) is 0. The Kier molecular flexibility index (Phi) is 1.72. The fourth-order valence-electron chi connectivity index (χ4n) is 0.505. The van der Waals surface area contributed by atoms with Crippen molar-refractivity contribution < 1.29 is 8.78 Å². The zero-order chi connectivity index (χ0) is 6.69. The smallest absolute Gasteiger partial charge is 0.264 e. The molecule has 1 aromatic rings. The first-order valence-electron chi connectivity index (χ1n) is 2.49. The molecule has 0 fully saturated rings. The lowest BCUT2D eigenvalue weighted by Gasteiger charge is -1.93. The van der Waals surface area contributed by atoms with Crippen molar-refractivity contribution in [2.24, 2.45) is 0 Å². The third-order valence-electron chi connectivity index (χ3n) is 0.936. The summed E-state index contributed by atoms with van der Waals surface area (Å²) in [6.07, 6.45) is 0.218. The van der Waals surface area contributed by atoms with Gasteiger partial charge in [-0.1, -0.05) is 6.07 Å². The molecule has 0 aliphatic rings. The van der Waals surface area contributed by atoms with Gasteiger partial charge >= 0.3 is 0 Å². The lowest BCUT2D eigenvalue weighted by Crippen LogP contribution is -1.82. The molecule has 1 unspecified atom stereocenters. The normalized spacial score (nSPS) is 13.1. The molecule has 1 aromatic heterocycles. The monoisotopic (exact) mass is 128 g/mol. The predicted molar refractivity (Wildman–Crippen MR) is 29.2 cm³/mol. The molecule has 0 N–H and O–H groups in total. The van der Waals surface area contributed by atoms with E-state index in [1.165, 1.54) is 18.3 Å². The van der Waals surface area contributed by atoms with Crippen LogP contribution in [0.1, 0.15) is 12.0 Å². The van der Waals surface area contributed by atoms with Crippen molar-refractivity contribution in [2.45, 2.75) is 6.43 Å². The molecule has 0 aliphatic carbocycles. The molecule has 1 heterocycles. The molecule has 1 rings (SSSR count). The largest absolute Gasteiger partial charge is 0.265 e. The van der Waals surface area contributed by atoms with E-state index in [2.05, 4.69) is 4.98 Å². The summed E-state index contributed by atoms with van der Waals surface area (Å²) in [6.45, 7) is 0. The molecule has 0 aliphatic heterocycles. The molecule has 0 spiro atoms. The molecular formula is C6H5F2N. The van der Waals surface area contributed by atoms with Gasteiger partial charge in [-0.2, -0.15) is 0 Å². The van der Waals surface area contributed by atoms with Crippen LogP contribution in [0.15, 0.2) is 24.5 Å². The van der Waals surface area contributed by atoms with E-state index in [0.29, 0.717) is 0 Å². The first-order chi connectivity index (χ1) is 4.30. The fraction of sp³-hybridized carbons (Fsp3) is 0.167. The Morgan fingerprint density at radius 2 is 2.22 bits per heavy atom. The van der Waals surface area contributed by atoms with Crippen LogP contribution in [0.3, 0.4) is 0 Å². The first-order valence-corrected chi connectivity index (χ1v) is 2.49. The number of alkyl halides is 2. The minimum absolute atomic E-state index is 0.0301. The molecule has 1 nitrogen and oxygen atoms in total. The van der Waals surface area contributed by atoms with Crippen molar-refractivity contribution in [3.05, 3.63) is 30.1 Å². The van der Waals surface area contributed by atoms with Crippen LogP contribution >= 0.6 is 0 Å². The van der Waals surface area contributed by atoms with Crippen molar-refractivity contribution in [2.75, 3.05) is 0 Å². The van der Waals surface area contributed by atoms with Gasteiger partial charge in [-0.05, 0) is 6.07 Å². The summed E-state index contributed by atoms with van der Waals surface area (Å²) in [7, 11) is 0. The number of halogens is 2. The molecule has 0 saturated carbocycles. The Hall–Kier alpha value is -0.990. The Bertz CT molecular complexity index is 174. The van der Waals surface area contributed by atoms with Crippen LogP contribution in [0.2, 0.25) is 0 Å². The van der Waals surface area contributed by atoms with Gasteiger partial charge in [0.1, 0.15) is 0 Å². The molecular weight excluding hydrogens is 123 g/mol. The van der Waals surface area contributed by atoms with Gasteiger partial charge in [0.2, 0.25) is 0 Å². The number of aromatic nitrogens is 1. The SMILES string of the molecule is FC([18F])c1cccnc1. The van der Waals surface area contributed by atoms with Gasteiger partial charge in [0, 0.05) is 18.0 Å². The highest BCUT2D eigenvalue weighted by Gasteiger charge is 2.03. The van der Waals surface area contributed by atoms with Crippen molar-refractivity contribution in [1.82, 2.24) is 4.98 Å². The Morgan fingerprint density at radius 1 is 1.44 bits per heavy atom. The van der Waals surface area contributed by atoms with Gasteiger partial charge in [0.25, 0.3) is 6.43 Å². The lowest BCUT2D eigenvalue weighted by molar-refractivity contribution is 0.151. The predicted octanol–water partition coefficient (Wildman–Crippen LogP) is 2.02. The lowest BCUT2D eigenvalue weighted by atomic mass is 10.3. The van der Waals surface area contributed by atoms with Crippen LogP contribution in [0, 0.1) is 0 Å². The highest BCUT2D eigenvalue weighted by molar-refractivity contribution is 5.09. The maximum Gasteiger partial charge on any atom is 0.265 e. The van der Waals surface area contributed by atoms with E-state index < -0.39 is 6.43 Å². The molecule has 0 radical (unpaired) electrons. The molecule has 0 amide bonds. The van der Waals surface area contributed by atoms with E-state index in [1.807, 2.05) is 0 Å². The van der Waals surface area contributed by atoms with E-state index in [9.17, 15) is 8.78 Å². The van der Waals surface area contributed by atoms with Gasteiger partial charge < -0.3 is 0 Å². The maximum absolute atomic E-state index is 11.7. The number of rotatable bonds is 1.